The topological polar surface area (TPSA) is 9.23 Å². The van der Waals surface area contributed by atoms with Crippen LogP contribution < -0.4 is 0 Å². The second-order valence-electron chi connectivity index (χ2n) is 5.66. The molecule has 2 fully saturated rings. The standard InChI is InChI=1S/C13H22F2O/c1-8-3-6-11(16-7-8)10-5-4-9(2)12(14)13(10)15/h8-13H,3-7H2,1-2H3. The molecule has 6 atom stereocenters. The Hall–Kier alpha value is -0.180. The third-order valence-corrected chi connectivity index (χ3v) is 4.23. The van der Waals surface area contributed by atoms with Gasteiger partial charge < -0.3 is 4.74 Å². The van der Waals surface area contributed by atoms with Gasteiger partial charge in [-0.15, -0.1) is 0 Å². The van der Waals surface area contributed by atoms with Crippen molar-refractivity contribution >= 4 is 0 Å². The van der Waals surface area contributed by atoms with Gasteiger partial charge >= 0.3 is 0 Å². The van der Waals surface area contributed by atoms with Crippen molar-refractivity contribution in [3.8, 4) is 0 Å². The molecule has 1 aliphatic heterocycles. The first-order valence-corrected chi connectivity index (χ1v) is 6.49. The van der Waals surface area contributed by atoms with Gasteiger partial charge in [-0.3, -0.25) is 0 Å². The molecule has 0 N–H and O–H groups in total. The highest BCUT2D eigenvalue weighted by Crippen LogP contribution is 2.38. The lowest BCUT2D eigenvalue weighted by molar-refractivity contribution is -0.0938. The fourth-order valence-corrected chi connectivity index (χ4v) is 2.96. The van der Waals surface area contributed by atoms with Crippen LogP contribution in [0.15, 0.2) is 0 Å². The summed E-state index contributed by atoms with van der Waals surface area (Å²) < 4.78 is 33.2. The van der Waals surface area contributed by atoms with E-state index in [2.05, 4.69) is 6.92 Å². The van der Waals surface area contributed by atoms with E-state index in [4.69, 9.17) is 4.74 Å². The number of halogens is 2. The van der Waals surface area contributed by atoms with Crippen LogP contribution in [0, 0.1) is 17.8 Å². The van der Waals surface area contributed by atoms with Crippen molar-refractivity contribution in [2.45, 2.75) is 58.0 Å². The van der Waals surface area contributed by atoms with Crippen molar-refractivity contribution in [2.24, 2.45) is 17.8 Å². The van der Waals surface area contributed by atoms with Crippen molar-refractivity contribution < 1.29 is 13.5 Å². The molecule has 94 valence electrons. The first-order chi connectivity index (χ1) is 7.59. The minimum Gasteiger partial charge on any atom is -0.378 e. The van der Waals surface area contributed by atoms with Gasteiger partial charge in [0, 0.05) is 12.5 Å². The van der Waals surface area contributed by atoms with Crippen LogP contribution in [-0.2, 0) is 4.74 Å². The monoisotopic (exact) mass is 232 g/mol. The van der Waals surface area contributed by atoms with Gasteiger partial charge in [0.15, 0.2) is 0 Å². The van der Waals surface area contributed by atoms with Crippen molar-refractivity contribution in [1.82, 2.24) is 0 Å². The van der Waals surface area contributed by atoms with Crippen LogP contribution in [0.3, 0.4) is 0 Å². The number of ether oxygens (including phenoxy) is 1. The van der Waals surface area contributed by atoms with Crippen LogP contribution >= 0.6 is 0 Å². The van der Waals surface area contributed by atoms with E-state index in [0.29, 0.717) is 12.5 Å². The maximum absolute atomic E-state index is 13.9. The van der Waals surface area contributed by atoms with Crippen molar-refractivity contribution in [3.63, 3.8) is 0 Å². The first-order valence-electron chi connectivity index (χ1n) is 6.49. The van der Waals surface area contributed by atoms with Crippen LogP contribution in [0.5, 0.6) is 0 Å². The van der Waals surface area contributed by atoms with E-state index in [1.165, 1.54) is 0 Å². The van der Waals surface area contributed by atoms with Gasteiger partial charge in [0.05, 0.1) is 6.10 Å². The van der Waals surface area contributed by atoms with Gasteiger partial charge in [0.25, 0.3) is 0 Å². The molecular weight excluding hydrogens is 210 g/mol. The molecule has 1 heterocycles. The number of hydrogen-bond acceptors (Lipinski definition) is 1. The Balaban J connectivity index is 1.94. The van der Waals surface area contributed by atoms with Gasteiger partial charge in [-0.2, -0.15) is 0 Å². The Kier molecular flexibility index (Phi) is 3.83. The van der Waals surface area contributed by atoms with Crippen molar-refractivity contribution in [2.75, 3.05) is 6.61 Å². The summed E-state index contributed by atoms with van der Waals surface area (Å²) in [4.78, 5) is 0. The minimum absolute atomic E-state index is 0.0445. The van der Waals surface area contributed by atoms with Gasteiger partial charge in [-0.25, -0.2) is 8.78 Å². The molecule has 0 aromatic carbocycles. The number of rotatable bonds is 1. The van der Waals surface area contributed by atoms with E-state index in [0.717, 1.165) is 25.7 Å². The maximum Gasteiger partial charge on any atom is 0.137 e. The molecule has 6 unspecified atom stereocenters. The Morgan fingerprint density at radius 3 is 2.31 bits per heavy atom. The molecule has 2 rings (SSSR count). The summed E-state index contributed by atoms with van der Waals surface area (Å²) >= 11 is 0. The molecule has 1 saturated carbocycles. The molecular formula is C13H22F2O. The minimum atomic E-state index is -1.32. The average Bonchev–Trinajstić information content (AvgIpc) is 2.28. The van der Waals surface area contributed by atoms with Gasteiger partial charge in [-0.05, 0) is 37.5 Å². The zero-order valence-corrected chi connectivity index (χ0v) is 10.2. The summed E-state index contributed by atoms with van der Waals surface area (Å²) in [7, 11) is 0. The van der Waals surface area contributed by atoms with E-state index in [9.17, 15) is 8.78 Å². The third-order valence-electron chi connectivity index (χ3n) is 4.23. The third kappa shape index (κ3) is 2.39. The zero-order valence-electron chi connectivity index (χ0n) is 10.2. The fourth-order valence-electron chi connectivity index (χ4n) is 2.96. The Morgan fingerprint density at radius 1 is 0.938 bits per heavy atom. The summed E-state index contributed by atoms with van der Waals surface area (Å²) in [5.74, 6) is 0.227. The maximum atomic E-state index is 13.9. The van der Waals surface area contributed by atoms with Gasteiger partial charge in [-0.1, -0.05) is 13.8 Å². The highest BCUT2D eigenvalue weighted by molar-refractivity contribution is 4.91. The van der Waals surface area contributed by atoms with Crippen LogP contribution in [0.4, 0.5) is 8.78 Å². The zero-order chi connectivity index (χ0) is 11.7. The van der Waals surface area contributed by atoms with Gasteiger partial charge in [0.1, 0.15) is 12.3 Å². The van der Waals surface area contributed by atoms with Crippen LogP contribution in [0.2, 0.25) is 0 Å². The molecule has 1 nitrogen and oxygen atoms in total. The van der Waals surface area contributed by atoms with Crippen LogP contribution in [0.1, 0.15) is 39.5 Å². The lowest BCUT2D eigenvalue weighted by Crippen LogP contribution is -2.44. The van der Waals surface area contributed by atoms with E-state index >= 15 is 0 Å². The summed E-state index contributed by atoms with van der Waals surface area (Å²) in [5.41, 5.74) is 0. The van der Waals surface area contributed by atoms with Crippen LogP contribution in [0.25, 0.3) is 0 Å². The Labute approximate surface area is 96.6 Å². The highest BCUT2D eigenvalue weighted by Gasteiger charge is 2.42. The summed E-state index contributed by atoms with van der Waals surface area (Å²) in [6.45, 7) is 4.65. The number of hydrogen-bond donors (Lipinski definition) is 0. The number of alkyl halides is 2. The molecule has 2 aliphatic rings. The van der Waals surface area contributed by atoms with Crippen molar-refractivity contribution in [1.29, 1.82) is 0 Å². The molecule has 0 radical (unpaired) electrons. The Morgan fingerprint density at radius 2 is 1.69 bits per heavy atom. The molecule has 0 spiro atoms. The second kappa shape index (κ2) is 4.99. The quantitative estimate of drug-likeness (QED) is 0.672. The molecule has 1 aliphatic carbocycles. The van der Waals surface area contributed by atoms with Crippen molar-refractivity contribution in [3.05, 3.63) is 0 Å². The predicted molar refractivity (Wildman–Crippen MR) is 59.8 cm³/mol. The molecule has 16 heavy (non-hydrogen) atoms. The lowest BCUT2D eigenvalue weighted by atomic mass is 9.75. The normalized spacial score (nSPS) is 50.2. The smallest absolute Gasteiger partial charge is 0.137 e. The molecule has 3 heteroatoms. The largest absolute Gasteiger partial charge is 0.378 e. The first kappa shape index (κ1) is 12.3. The molecule has 1 saturated heterocycles. The summed E-state index contributed by atoms with van der Waals surface area (Å²) in [6, 6.07) is 0. The van der Waals surface area contributed by atoms with E-state index < -0.39 is 12.3 Å². The SMILES string of the molecule is CC1CCC(C2CCC(C)C(F)C2F)OC1. The molecule has 0 aromatic rings. The average molecular weight is 232 g/mol. The van der Waals surface area contributed by atoms with E-state index in [1.54, 1.807) is 6.92 Å². The Bertz CT molecular complexity index is 226. The fraction of sp³-hybridized carbons (Fsp3) is 1.00. The summed E-state index contributed by atoms with van der Waals surface area (Å²) in [5, 5.41) is 0. The molecule has 0 aromatic heterocycles. The van der Waals surface area contributed by atoms with Crippen LogP contribution in [-0.4, -0.2) is 25.1 Å². The predicted octanol–water partition coefficient (Wildman–Crippen LogP) is 3.52. The molecule has 0 amide bonds. The van der Waals surface area contributed by atoms with E-state index in [-0.39, 0.29) is 17.9 Å². The van der Waals surface area contributed by atoms with Gasteiger partial charge in [0.2, 0.25) is 0 Å². The molecule has 0 bridgehead atoms. The second-order valence-corrected chi connectivity index (χ2v) is 5.66. The lowest BCUT2D eigenvalue weighted by Gasteiger charge is -2.40. The van der Waals surface area contributed by atoms with E-state index in [1.807, 2.05) is 0 Å². The highest BCUT2D eigenvalue weighted by atomic mass is 19.2. The summed E-state index contributed by atoms with van der Waals surface area (Å²) in [6.07, 6.45) is 0.901.